The van der Waals surface area contributed by atoms with E-state index in [-0.39, 0.29) is 24.5 Å². The molecule has 0 radical (unpaired) electrons. The molecule has 1 fully saturated rings. The Hall–Kier alpha value is -2.54. The molecule has 2 aromatic rings. The van der Waals surface area contributed by atoms with Crippen molar-refractivity contribution in [3.63, 3.8) is 0 Å². The average molecular weight is 546 g/mol. The Kier molecular flexibility index (Phi) is 10.5. The van der Waals surface area contributed by atoms with Gasteiger partial charge < -0.3 is 19.7 Å². The lowest BCUT2D eigenvalue weighted by Crippen LogP contribution is -2.52. The molecule has 0 bridgehead atoms. The maximum absolute atomic E-state index is 13.5. The van der Waals surface area contributed by atoms with E-state index in [1.165, 1.54) is 12.0 Å². The number of carbonyl (C=O) groups excluding carboxylic acids is 2. The van der Waals surface area contributed by atoms with Gasteiger partial charge in [-0.3, -0.25) is 9.59 Å². The molecule has 1 aliphatic rings. The highest BCUT2D eigenvalue weighted by atomic mass is 79.9. The minimum Gasteiger partial charge on any atom is -0.497 e. The van der Waals surface area contributed by atoms with E-state index < -0.39 is 6.04 Å². The first-order chi connectivity index (χ1) is 16.9. The zero-order valence-electron chi connectivity index (χ0n) is 21.0. The SMILES string of the molecule is CCc1ccc(OCC(=O)N(Cc2cccc(OC)c2)[C@H](CC)C(=O)NC2CCCCC2)c(Br)c1. The van der Waals surface area contributed by atoms with Crippen LogP contribution in [0.15, 0.2) is 46.9 Å². The fourth-order valence-electron chi connectivity index (χ4n) is 4.54. The van der Waals surface area contributed by atoms with Crippen LogP contribution in [-0.4, -0.2) is 42.5 Å². The first-order valence-corrected chi connectivity index (χ1v) is 13.4. The molecule has 190 valence electrons. The number of hydrogen-bond donors (Lipinski definition) is 1. The van der Waals surface area contributed by atoms with E-state index in [1.807, 2.05) is 49.4 Å². The third kappa shape index (κ3) is 7.72. The van der Waals surface area contributed by atoms with E-state index in [2.05, 4.69) is 28.2 Å². The maximum atomic E-state index is 13.5. The van der Waals surface area contributed by atoms with Crippen LogP contribution in [0.5, 0.6) is 11.5 Å². The van der Waals surface area contributed by atoms with Crippen molar-refractivity contribution in [3.05, 3.63) is 58.1 Å². The smallest absolute Gasteiger partial charge is 0.261 e. The average Bonchev–Trinajstić information content (AvgIpc) is 2.88. The van der Waals surface area contributed by atoms with Gasteiger partial charge in [0.1, 0.15) is 17.5 Å². The van der Waals surface area contributed by atoms with Crippen LogP contribution in [-0.2, 0) is 22.6 Å². The van der Waals surface area contributed by atoms with Gasteiger partial charge in [0.2, 0.25) is 5.91 Å². The van der Waals surface area contributed by atoms with E-state index in [0.29, 0.717) is 24.5 Å². The lowest BCUT2D eigenvalue weighted by molar-refractivity contribution is -0.143. The summed E-state index contributed by atoms with van der Waals surface area (Å²) in [6, 6.07) is 13.1. The number of methoxy groups -OCH3 is 1. The number of hydrogen-bond acceptors (Lipinski definition) is 4. The molecule has 0 heterocycles. The van der Waals surface area contributed by atoms with Gasteiger partial charge in [-0.25, -0.2) is 0 Å². The van der Waals surface area contributed by atoms with Crippen molar-refractivity contribution in [2.45, 2.75) is 77.4 Å². The molecule has 0 spiro atoms. The fraction of sp³-hybridized carbons (Fsp3) is 0.500. The number of aryl methyl sites for hydroxylation is 1. The van der Waals surface area contributed by atoms with Gasteiger partial charge in [0.15, 0.2) is 6.61 Å². The van der Waals surface area contributed by atoms with Crippen LogP contribution in [0.3, 0.4) is 0 Å². The Labute approximate surface area is 217 Å². The van der Waals surface area contributed by atoms with Gasteiger partial charge in [0.05, 0.1) is 11.6 Å². The fourth-order valence-corrected chi connectivity index (χ4v) is 5.08. The number of benzene rings is 2. The number of ether oxygens (including phenoxy) is 2. The number of halogens is 1. The predicted octanol–water partition coefficient (Wildman–Crippen LogP) is 5.66. The molecule has 2 amide bonds. The van der Waals surface area contributed by atoms with Gasteiger partial charge >= 0.3 is 0 Å². The summed E-state index contributed by atoms with van der Waals surface area (Å²) in [4.78, 5) is 28.4. The monoisotopic (exact) mass is 544 g/mol. The van der Waals surface area contributed by atoms with Crippen LogP contribution in [0.4, 0.5) is 0 Å². The Morgan fingerprint density at radius 2 is 1.86 bits per heavy atom. The lowest BCUT2D eigenvalue weighted by Gasteiger charge is -2.32. The molecule has 0 saturated heterocycles. The zero-order chi connectivity index (χ0) is 25.2. The zero-order valence-corrected chi connectivity index (χ0v) is 22.6. The van der Waals surface area contributed by atoms with Gasteiger partial charge in [-0.05, 0) is 77.0 Å². The van der Waals surface area contributed by atoms with Gasteiger partial charge in [-0.15, -0.1) is 0 Å². The van der Waals surface area contributed by atoms with E-state index in [0.717, 1.165) is 42.1 Å². The lowest BCUT2D eigenvalue weighted by atomic mass is 9.95. The summed E-state index contributed by atoms with van der Waals surface area (Å²) < 4.78 is 12.1. The number of nitrogens with one attached hydrogen (secondary N) is 1. The Morgan fingerprint density at radius 1 is 1.09 bits per heavy atom. The highest BCUT2D eigenvalue weighted by molar-refractivity contribution is 9.10. The van der Waals surface area contributed by atoms with Crippen LogP contribution >= 0.6 is 15.9 Å². The molecule has 0 aliphatic heterocycles. The van der Waals surface area contributed by atoms with E-state index in [9.17, 15) is 9.59 Å². The molecule has 1 N–H and O–H groups in total. The third-order valence-corrected chi connectivity index (χ3v) is 7.20. The van der Waals surface area contributed by atoms with E-state index in [4.69, 9.17) is 9.47 Å². The first-order valence-electron chi connectivity index (χ1n) is 12.6. The second-order valence-corrected chi connectivity index (χ2v) is 9.90. The van der Waals surface area contributed by atoms with Crippen molar-refractivity contribution in [1.82, 2.24) is 10.2 Å². The van der Waals surface area contributed by atoms with Crippen LogP contribution in [0, 0.1) is 0 Å². The molecule has 2 aromatic carbocycles. The minimum absolute atomic E-state index is 0.0934. The number of carbonyl (C=O) groups is 2. The molecule has 6 nitrogen and oxygen atoms in total. The normalized spacial score (nSPS) is 14.7. The molecule has 35 heavy (non-hydrogen) atoms. The van der Waals surface area contributed by atoms with Gasteiger partial charge in [0.25, 0.3) is 5.91 Å². The summed E-state index contributed by atoms with van der Waals surface area (Å²) >= 11 is 3.54. The highest BCUT2D eigenvalue weighted by Gasteiger charge is 2.30. The van der Waals surface area contributed by atoms with Gasteiger partial charge in [-0.2, -0.15) is 0 Å². The third-order valence-electron chi connectivity index (χ3n) is 6.58. The second-order valence-electron chi connectivity index (χ2n) is 9.05. The largest absolute Gasteiger partial charge is 0.497 e. The molecule has 1 aliphatic carbocycles. The minimum atomic E-state index is -0.579. The standard InChI is InChI=1S/C28H37BrN2O4/c1-4-20-14-15-26(24(29)17-20)35-19-27(32)31(18-21-10-9-13-23(16-21)34-3)25(5-2)28(33)30-22-11-7-6-8-12-22/h9-10,13-17,22,25H,4-8,11-12,18-19H2,1-3H3,(H,30,33)/t25-/m1/s1. The van der Waals surface area contributed by atoms with Crippen LogP contribution in [0.2, 0.25) is 0 Å². The Bertz CT molecular complexity index is 991. The molecule has 1 saturated carbocycles. The summed E-state index contributed by atoms with van der Waals surface area (Å²) in [5.74, 6) is 0.997. The van der Waals surface area contributed by atoms with Crippen molar-refractivity contribution in [2.75, 3.05) is 13.7 Å². The predicted molar refractivity (Wildman–Crippen MR) is 142 cm³/mol. The molecule has 0 aromatic heterocycles. The van der Waals surface area contributed by atoms with E-state index >= 15 is 0 Å². The van der Waals surface area contributed by atoms with E-state index in [1.54, 1.807) is 12.0 Å². The van der Waals surface area contributed by atoms with Crippen molar-refractivity contribution >= 4 is 27.7 Å². The summed E-state index contributed by atoms with van der Waals surface area (Å²) in [6.45, 7) is 4.18. The highest BCUT2D eigenvalue weighted by Crippen LogP contribution is 2.27. The van der Waals surface area contributed by atoms with Crippen LogP contribution < -0.4 is 14.8 Å². The Morgan fingerprint density at radius 3 is 2.51 bits per heavy atom. The number of nitrogens with zero attached hydrogens (tertiary/aromatic N) is 1. The molecular formula is C28H37BrN2O4. The first kappa shape index (κ1) is 27.1. The molecule has 3 rings (SSSR count). The molecule has 1 atom stereocenters. The van der Waals surface area contributed by atoms with Crippen molar-refractivity contribution in [3.8, 4) is 11.5 Å². The van der Waals surface area contributed by atoms with Crippen molar-refractivity contribution < 1.29 is 19.1 Å². The van der Waals surface area contributed by atoms with Crippen molar-refractivity contribution in [2.24, 2.45) is 0 Å². The van der Waals surface area contributed by atoms with Gasteiger partial charge in [-0.1, -0.05) is 51.3 Å². The summed E-state index contributed by atoms with van der Waals surface area (Å²) in [5, 5.41) is 3.20. The summed E-state index contributed by atoms with van der Waals surface area (Å²) in [5.41, 5.74) is 2.08. The summed E-state index contributed by atoms with van der Waals surface area (Å²) in [6.07, 6.45) is 6.91. The maximum Gasteiger partial charge on any atom is 0.261 e. The Balaban J connectivity index is 1.78. The van der Waals surface area contributed by atoms with Crippen molar-refractivity contribution in [1.29, 1.82) is 0 Å². The quantitative estimate of drug-likeness (QED) is 0.396. The number of amides is 2. The van der Waals surface area contributed by atoms with Crippen LogP contribution in [0.1, 0.15) is 63.5 Å². The number of rotatable bonds is 11. The second kappa shape index (κ2) is 13.5. The van der Waals surface area contributed by atoms with Crippen LogP contribution in [0.25, 0.3) is 0 Å². The summed E-state index contributed by atoms with van der Waals surface area (Å²) in [7, 11) is 1.62. The van der Waals surface area contributed by atoms with Gasteiger partial charge in [0, 0.05) is 12.6 Å². The molecular weight excluding hydrogens is 508 g/mol. The topological polar surface area (TPSA) is 67.9 Å². The molecule has 0 unspecified atom stereocenters. The molecule has 7 heteroatoms.